The van der Waals surface area contributed by atoms with Gasteiger partial charge in [-0.25, -0.2) is 0 Å². The lowest BCUT2D eigenvalue weighted by atomic mass is 9.85. The summed E-state index contributed by atoms with van der Waals surface area (Å²) in [7, 11) is 0.611. The van der Waals surface area contributed by atoms with Crippen molar-refractivity contribution in [2.24, 2.45) is 5.41 Å². The average molecular weight is 403 g/mol. The van der Waals surface area contributed by atoms with E-state index in [0.717, 1.165) is 24.0 Å². The molecule has 0 heterocycles. The van der Waals surface area contributed by atoms with Crippen molar-refractivity contribution in [1.29, 1.82) is 0 Å². The van der Waals surface area contributed by atoms with E-state index in [4.69, 9.17) is 9.47 Å². The smallest absolute Gasteiger partial charge is 0.323 e. The lowest BCUT2D eigenvalue weighted by Gasteiger charge is -2.41. The van der Waals surface area contributed by atoms with Crippen LogP contribution in [0.2, 0.25) is 18.1 Å². The third kappa shape index (κ3) is 3.57. The van der Waals surface area contributed by atoms with E-state index in [1.807, 2.05) is 6.08 Å². The standard InChI is InChI=1S/C23H34O4Si/c1-10-17(16-11-12-16)19(28(8,9)22(3,4)5)18-14-23(13-15(18)2,20(24)26-6)21(25)27-7/h10H,1-2,11-14H2,3-9H3/b19-18+. The third-order valence-corrected chi connectivity index (χ3v) is 12.3. The van der Waals surface area contributed by atoms with Crippen LogP contribution in [0.5, 0.6) is 0 Å². The minimum absolute atomic E-state index is 0.0844. The van der Waals surface area contributed by atoms with Gasteiger partial charge in [0.05, 0.1) is 22.3 Å². The van der Waals surface area contributed by atoms with Gasteiger partial charge in [0.1, 0.15) is 0 Å². The topological polar surface area (TPSA) is 52.6 Å². The highest BCUT2D eigenvalue weighted by Crippen LogP contribution is 2.54. The van der Waals surface area contributed by atoms with Gasteiger partial charge in [-0.05, 0) is 47.1 Å². The van der Waals surface area contributed by atoms with E-state index >= 15 is 0 Å². The minimum Gasteiger partial charge on any atom is -0.468 e. The average Bonchev–Trinajstić information content (AvgIpc) is 3.40. The lowest BCUT2D eigenvalue weighted by Crippen LogP contribution is -2.42. The highest BCUT2D eigenvalue weighted by atomic mass is 28.3. The van der Waals surface area contributed by atoms with Crippen LogP contribution in [0.4, 0.5) is 0 Å². The maximum atomic E-state index is 12.7. The van der Waals surface area contributed by atoms with Crippen molar-refractivity contribution >= 4 is 20.0 Å². The molecule has 0 spiro atoms. The van der Waals surface area contributed by atoms with Gasteiger partial charge in [-0.3, -0.25) is 9.59 Å². The van der Waals surface area contributed by atoms with Gasteiger partial charge < -0.3 is 9.47 Å². The van der Waals surface area contributed by atoms with E-state index in [1.165, 1.54) is 30.6 Å². The van der Waals surface area contributed by atoms with Crippen molar-refractivity contribution in [2.75, 3.05) is 14.2 Å². The summed E-state index contributed by atoms with van der Waals surface area (Å²) >= 11 is 0. The van der Waals surface area contributed by atoms with Crippen LogP contribution in [0.3, 0.4) is 0 Å². The van der Waals surface area contributed by atoms with Crippen LogP contribution in [0, 0.1) is 5.41 Å². The number of rotatable bonds is 5. The first-order chi connectivity index (χ1) is 12.9. The highest BCUT2D eigenvalue weighted by molar-refractivity contribution is 6.87. The van der Waals surface area contributed by atoms with Crippen molar-refractivity contribution in [1.82, 2.24) is 0 Å². The Morgan fingerprint density at radius 1 is 1.07 bits per heavy atom. The van der Waals surface area contributed by atoms with E-state index in [-0.39, 0.29) is 17.9 Å². The molecule has 2 rings (SSSR count). The maximum Gasteiger partial charge on any atom is 0.323 e. The molecule has 4 nitrogen and oxygen atoms in total. The van der Waals surface area contributed by atoms with Crippen molar-refractivity contribution in [2.45, 2.75) is 64.6 Å². The number of esters is 2. The summed E-state index contributed by atoms with van der Waals surface area (Å²) in [5.41, 5.74) is 3.12. The zero-order valence-corrected chi connectivity index (χ0v) is 19.5. The summed E-state index contributed by atoms with van der Waals surface area (Å²) in [4.78, 5) is 25.3. The van der Waals surface area contributed by atoms with Gasteiger partial charge in [0, 0.05) is 0 Å². The zero-order valence-electron chi connectivity index (χ0n) is 18.5. The normalized spacial score (nSPS) is 20.5. The summed E-state index contributed by atoms with van der Waals surface area (Å²) in [6.45, 7) is 19.9. The second-order valence-electron chi connectivity index (χ2n) is 9.47. The first-order valence-corrected chi connectivity index (χ1v) is 12.8. The quantitative estimate of drug-likeness (QED) is 0.356. The van der Waals surface area contributed by atoms with E-state index in [2.05, 4.69) is 47.0 Å². The summed E-state index contributed by atoms with van der Waals surface area (Å²) in [5, 5.41) is 1.36. The van der Waals surface area contributed by atoms with Crippen LogP contribution in [-0.2, 0) is 19.1 Å². The van der Waals surface area contributed by atoms with Crippen LogP contribution in [-0.4, -0.2) is 34.2 Å². The molecule has 0 bridgehead atoms. The maximum absolute atomic E-state index is 12.7. The van der Waals surface area contributed by atoms with Gasteiger partial charge in [-0.2, -0.15) is 0 Å². The Balaban J connectivity index is 2.79. The Labute approximate surface area is 170 Å². The van der Waals surface area contributed by atoms with Gasteiger partial charge >= 0.3 is 11.9 Å². The molecule has 28 heavy (non-hydrogen) atoms. The molecule has 2 fully saturated rings. The number of ether oxygens (including phenoxy) is 2. The molecule has 0 aromatic rings. The van der Waals surface area contributed by atoms with Crippen LogP contribution in [0.15, 0.2) is 46.7 Å². The zero-order chi connectivity index (χ0) is 21.5. The fraction of sp³-hybridized carbons (Fsp3) is 0.565. The molecule has 0 aromatic carbocycles. The molecule has 5 heteroatoms. The molecular formula is C23H34O4Si. The number of hydrogen-bond donors (Lipinski definition) is 0. The Morgan fingerprint density at radius 3 is 1.93 bits per heavy atom. The summed E-state index contributed by atoms with van der Waals surface area (Å²) in [5.74, 6) is -1.10. The number of carbonyl (C=O) groups excluding carboxylic acids is 2. The van der Waals surface area contributed by atoms with E-state index in [0.29, 0.717) is 0 Å². The van der Waals surface area contributed by atoms with Gasteiger partial charge in [-0.15, -0.1) is 0 Å². The lowest BCUT2D eigenvalue weighted by molar-refractivity contribution is -0.168. The molecule has 0 aromatic heterocycles. The van der Waals surface area contributed by atoms with Crippen LogP contribution in [0.25, 0.3) is 0 Å². The van der Waals surface area contributed by atoms with Gasteiger partial charge in [0.2, 0.25) is 0 Å². The van der Waals surface area contributed by atoms with Crippen LogP contribution >= 0.6 is 0 Å². The fourth-order valence-corrected chi connectivity index (χ4v) is 6.72. The number of hydrogen-bond acceptors (Lipinski definition) is 4. The van der Waals surface area contributed by atoms with Crippen molar-refractivity contribution in [3.8, 4) is 0 Å². The largest absolute Gasteiger partial charge is 0.468 e. The molecular weight excluding hydrogens is 368 g/mol. The highest BCUT2D eigenvalue weighted by Gasteiger charge is 2.55. The van der Waals surface area contributed by atoms with Gasteiger partial charge in [-0.1, -0.05) is 64.2 Å². The van der Waals surface area contributed by atoms with Crippen molar-refractivity contribution < 1.29 is 19.1 Å². The first kappa shape index (κ1) is 22.4. The fourth-order valence-electron chi connectivity index (χ4n) is 3.99. The first-order valence-electron chi connectivity index (χ1n) is 9.80. The molecule has 0 unspecified atom stereocenters. The molecule has 2 aliphatic rings. The minimum atomic E-state index is -2.02. The molecule has 0 aliphatic heterocycles. The Hall–Kier alpha value is -1.88. The Morgan fingerprint density at radius 2 is 1.57 bits per heavy atom. The number of allylic oxidation sites excluding steroid dienone is 6. The van der Waals surface area contributed by atoms with Crippen LogP contribution < -0.4 is 0 Å². The molecule has 0 amide bonds. The summed E-state index contributed by atoms with van der Waals surface area (Å²) in [6, 6.07) is 0. The SMILES string of the molecule is C=CC(=C1CC1)/C(=C1/CC(C(=O)OC)(C(=O)OC)CC1=C)[Si](C)(C)C(C)(C)C. The van der Waals surface area contributed by atoms with Gasteiger partial charge in [0.25, 0.3) is 0 Å². The summed E-state index contributed by atoms with van der Waals surface area (Å²) < 4.78 is 10.0. The molecule has 0 radical (unpaired) electrons. The third-order valence-electron chi connectivity index (χ3n) is 6.73. The second kappa shape index (κ2) is 7.51. The number of carbonyl (C=O) groups is 2. The number of methoxy groups -OCH3 is 2. The molecule has 2 aliphatic carbocycles. The molecule has 2 saturated carbocycles. The molecule has 0 saturated heterocycles. The molecule has 0 atom stereocenters. The van der Waals surface area contributed by atoms with Gasteiger partial charge in [0.15, 0.2) is 5.41 Å². The monoisotopic (exact) mass is 402 g/mol. The van der Waals surface area contributed by atoms with E-state index in [9.17, 15) is 9.59 Å². The predicted octanol–water partition coefficient (Wildman–Crippen LogP) is 5.29. The Bertz CT molecular complexity index is 768. The van der Waals surface area contributed by atoms with Crippen molar-refractivity contribution in [3.63, 3.8) is 0 Å². The predicted molar refractivity (Wildman–Crippen MR) is 116 cm³/mol. The molecule has 154 valence electrons. The van der Waals surface area contributed by atoms with Crippen LogP contribution in [0.1, 0.15) is 46.5 Å². The van der Waals surface area contributed by atoms with Crippen molar-refractivity contribution in [3.05, 3.63) is 46.7 Å². The second-order valence-corrected chi connectivity index (χ2v) is 14.7. The molecule has 0 N–H and O–H groups in total. The summed E-state index contributed by atoms with van der Waals surface area (Å²) in [6.07, 6.45) is 4.63. The van der Waals surface area contributed by atoms with E-state index in [1.54, 1.807) is 0 Å². The van der Waals surface area contributed by atoms with E-state index < -0.39 is 25.4 Å². The Kier molecular flexibility index (Phi) is 6.01.